The third-order valence-corrected chi connectivity index (χ3v) is 6.50. The van der Waals surface area contributed by atoms with Crippen LogP contribution in [0, 0.1) is 5.92 Å². The van der Waals surface area contributed by atoms with E-state index in [9.17, 15) is 8.42 Å². The van der Waals surface area contributed by atoms with Gasteiger partial charge in [0.05, 0.1) is 0 Å². The molecular weight excluding hydrogens is 256 g/mol. The SMILES string of the molecule is CC1CCCN(S(=O)(=O)c2cc(N)cs2)CC1. The van der Waals surface area contributed by atoms with E-state index < -0.39 is 10.0 Å². The topological polar surface area (TPSA) is 63.4 Å². The monoisotopic (exact) mass is 274 g/mol. The van der Waals surface area contributed by atoms with Gasteiger partial charge in [0, 0.05) is 24.2 Å². The molecule has 1 unspecified atom stereocenters. The van der Waals surface area contributed by atoms with E-state index in [0.717, 1.165) is 19.3 Å². The van der Waals surface area contributed by atoms with E-state index in [4.69, 9.17) is 5.73 Å². The second kappa shape index (κ2) is 4.96. The highest BCUT2D eigenvalue weighted by atomic mass is 32.2. The zero-order valence-corrected chi connectivity index (χ0v) is 11.6. The molecule has 1 aromatic rings. The van der Waals surface area contributed by atoms with Crippen molar-refractivity contribution in [2.24, 2.45) is 5.92 Å². The van der Waals surface area contributed by atoms with Crippen LogP contribution in [0.3, 0.4) is 0 Å². The molecule has 17 heavy (non-hydrogen) atoms. The average molecular weight is 274 g/mol. The first kappa shape index (κ1) is 12.9. The maximum absolute atomic E-state index is 12.3. The lowest BCUT2D eigenvalue weighted by Gasteiger charge is -2.18. The largest absolute Gasteiger partial charge is 0.398 e. The quantitative estimate of drug-likeness (QED) is 0.898. The number of rotatable bonds is 2. The smallest absolute Gasteiger partial charge is 0.252 e. The Bertz CT molecular complexity index is 481. The van der Waals surface area contributed by atoms with Gasteiger partial charge in [0.2, 0.25) is 0 Å². The summed E-state index contributed by atoms with van der Waals surface area (Å²) in [5.41, 5.74) is 6.11. The van der Waals surface area contributed by atoms with Crippen LogP contribution in [0.25, 0.3) is 0 Å². The molecule has 96 valence electrons. The minimum absolute atomic E-state index is 0.365. The summed E-state index contributed by atoms with van der Waals surface area (Å²) in [5, 5.41) is 1.67. The molecule has 0 aromatic carbocycles. The van der Waals surface area contributed by atoms with E-state index in [-0.39, 0.29) is 0 Å². The summed E-state index contributed by atoms with van der Waals surface area (Å²) in [5.74, 6) is 0.614. The molecule has 1 aromatic heterocycles. The van der Waals surface area contributed by atoms with Crippen LogP contribution in [0.4, 0.5) is 5.69 Å². The molecule has 1 atom stereocenters. The zero-order chi connectivity index (χ0) is 12.5. The van der Waals surface area contributed by atoms with Gasteiger partial charge in [-0.05, 0) is 31.2 Å². The number of hydrogen-bond acceptors (Lipinski definition) is 4. The molecule has 1 fully saturated rings. The van der Waals surface area contributed by atoms with Gasteiger partial charge in [0.15, 0.2) is 0 Å². The molecule has 2 heterocycles. The average Bonchev–Trinajstić information content (AvgIpc) is 2.58. The van der Waals surface area contributed by atoms with Crippen molar-refractivity contribution in [1.82, 2.24) is 4.31 Å². The Kier molecular flexibility index (Phi) is 3.75. The number of nitrogen functional groups attached to an aromatic ring is 1. The van der Waals surface area contributed by atoms with Crippen molar-refractivity contribution in [3.63, 3.8) is 0 Å². The second-order valence-corrected chi connectivity index (χ2v) is 7.72. The Balaban J connectivity index is 2.20. The van der Waals surface area contributed by atoms with Gasteiger partial charge in [-0.2, -0.15) is 4.31 Å². The van der Waals surface area contributed by atoms with Crippen LogP contribution in [-0.2, 0) is 10.0 Å². The minimum atomic E-state index is -3.32. The molecule has 0 radical (unpaired) electrons. The molecular formula is C11H18N2O2S2. The van der Waals surface area contributed by atoms with E-state index in [2.05, 4.69) is 6.92 Å². The highest BCUT2D eigenvalue weighted by Gasteiger charge is 2.27. The molecule has 2 N–H and O–H groups in total. The summed E-state index contributed by atoms with van der Waals surface area (Å²) in [6.45, 7) is 3.44. The normalized spacial score (nSPS) is 23.5. The first-order chi connectivity index (χ1) is 8.00. The fourth-order valence-corrected chi connectivity index (χ4v) is 4.80. The van der Waals surface area contributed by atoms with E-state index in [0.29, 0.717) is 28.9 Å². The number of thiophene rings is 1. The predicted molar refractivity (Wildman–Crippen MR) is 70.5 cm³/mol. The highest BCUT2D eigenvalue weighted by Crippen LogP contribution is 2.27. The molecule has 6 heteroatoms. The Morgan fingerprint density at radius 3 is 2.82 bits per heavy atom. The highest BCUT2D eigenvalue weighted by molar-refractivity contribution is 7.91. The lowest BCUT2D eigenvalue weighted by molar-refractivity contribution is 0.418. The molecule has 1 aliphatic rings. The third-order valence-electron chi connectivity index (χ3n) is 3.17. The standard InChI is InChI=1S/C11H18N2O2S2/c1-9-3-2-5-13(6-4-9)17(14,15)11-7-10(12)8-16-11/h7-9H,2-6,12H2,1H3. The van der Waals surface area contributed by atoms with Crippen LogP contribution in [0.2, 0.25) is 0 Å². The van der Waals surface area contributed by atoms with Crippen LogP contribution in [-0.4, -0.2) is 25.8 Å². The summed E-state index contributed by atoms with van der Waals surface area (Å²) in [6.07, 6.45) is 3.00. The van der Waals surface area contributed by atoms with Gasteiger partial charge in [-0.25, -0.2) is 8.42 Å². The van der Waals surface area contributed by atoms with Crippen molar-refractivity contribution in [3.05, 3.63) is 11.4 Å². The summed E-state index contributed by atoms with van der Waals surface area (Å²) < 4.78 is 26.6. The van der Waals surface area contributed by atoms with Crippen LogP contribution in [0.15, 0.2) is 15.7 Å². The molecule has 2 rings (SSSR count). The third kappa shape index (κ3) is 2.81. The van der Waals surface area contributed by atoms with E-state index in [1.165, 1.54) is 11.3 Å². The van der Waals surface area contributed by atoms with Crippen molar-refractivity contribution in [1.29, 1.82) is 0 Å². The minimum Gasteiger partial charge on any atom is -0.398 e. The predicted octanol–water partition coefficient (Wildman–Crippen LogP) is 2.14. The lowest BCUT2D eigenvalue weighted by Crippen LogP contribution is -2.31. The second-order valence-electron chi connectivity index (χ2n) is 4.64. The molecule has 1 saturated heterocycles. The van der Waals surface area contributed by atoms with Gasteiger partial charge in [-0.1, -0.05) is 6.92 Å². The van der Waals surface area contributed by atoms with Crippen LogP contribution >= 0.6 is 11.3 Å². The zero-order valence-electron chi connectivity index (χ0n) is 9.93. The van der Waals surface area contributed by atoms with Crippen molar-refractivity contribution < 1.29 is 8.42 Å². The number of anilines is 1. The Hall–Kier alpha value is -0.590. The van der Waals surface area contributed by atoms with Gasteiger partial charge in [0.25, 0.3) is 10.0 Å². The Labute approximate surface area is 106 Å². The van der Waals surface area contributed by atoms with Crippen molar-refractivity contribution in [3.8, 4) is 0 Å². The van der Waals surface area contributed by atoms with Crippen LogP contribution < -0.4 is 5.73 Å². The molecule has 0 spiro atoms. The molecule has 0 aliphatic carbocycles. The summed E-state index contributed by atoms with van der Waals surface area (Å²) in [4.78, 5) is 0. The van der Waals surface area contributed by atoms with Crippen molar-refractivity contribution in [2.75, 3.05) is 18.8 Å². The van der Waals surface area contributed by atoms with E-state index >= 15 is 0 Å². The van der Waals surface area contributed by atoms with Crippen molar-refractivity contribution in [2.45, 2.75) is 30.4 Å². The summed E-state index contributed by atoms with van der Waals surface area (Å²) in [6, 6.07) is 1.55. The van der Waals surface area contributed by atoms with Gasteiger partial charge < -0.3 is 5.73 Å². The van der Waals surface area contributed by atoms with Gasteiger partial charge in [-0.3, -0.25) is 0 Å². The van der Waals surface area contributed by atoms with Gasteiger partial charge in [-0.15, -0.1) is 11.3 Å². The van der Waals surface area contributed by atoms with E-state index in [1.807, 2.05) is 0 Å². The first-order valence-corrected chi connectivity index (χ1v) is 8.16. The van der Waals surface area contributed by atoms with Crippen LogP contribution in [0.5, 0.6) is 0 Å². The number of hydrogen-bond donors (Lipinski definition) is 1. The lowest BCUT2D eigenvalue weighted by atomic mass is 10.0. The van der Waals surface area contributed by atoms with E-state index in [1.54, 1.807) is 15.8 Å². The van der Waals surface area contributed by atoms with Gasteiger partial charge >= 0.3 is 0 Å². The molecule has 4 nitrogen and oxygen atoms in total. The molecule has 1 aliphatic heterocycles. The number of sulfonamides is 1. The fourth-order valence-electron chi connectivity index (χ4n) is 2.07. The molecule has 0 saturated carbocycles. The van der Waals surface area contributed by atoms with Crippen LogP contribution in [0.1, 0.15) is 26.2 Å². The van der Waals surface area contributed by atoms with Gasteiger partial charge in [0.1, 0.15) is 4.21 Å². The molecule has 0 bridgehead atoms. The summed E-state index contributed by atoms with van der Waals surface area (Å²) in [7, 11) is -3.32. The number of nitrogens with zero attached hydrogens (tertiary/aromatic N) is 1. The van der Waals surface area contributed by atoms with Crippen molar-refractivity contribution >= 4 is 27.0 Å². The summed E-state index contributed by atoms with van der Waals surface area (Å²) >= 11 is 1.20. The molecule has 0 amide bonds. The maximum atomic E-state index is 12.3. The maximum Gasteiger partial charge on any atom is 0.252 e. The fraction of sp³-hybridized carbons (Fsp3) is 0.636. The Morgan fingerprint density at radius 1 is 1.41 bits per heavy atom. The Morgan fingerprint density at radius 2 is 2.18 bits per heavy atom. The first-order valence-electron chi connectivity index (χ1n) is 5.84. The number of nitrogens with two attached hydrogens (primary N) is 1.